The summed E-state index contributed by atoms with van der Waals surface area (Å²) in [4.78, 5) is 16.1. The molecule has 1 aliphatic heterocycles. The zero-order valence-corrected chi connectivity index (χ0v) is 17.4. The number of rotatable bonds is 5. The fourth-order valence-electron chi connectivity index (χ4n) is 3.50. The molecule has 0 spiro atoms. The average Bonchev–Trinajstić information content (AvgIpc) is 3.01. The second-order valence-corrected chi connectivity index (χ2v) is 10.1. The Bertz CT molecular complexity index is 1010. The molecule has 1 unspecified atom stereocenters. The van der Waals surface area contributed by atoms with Gasteiger partial charge in [0.25, 0.3) is 0 Å². The van der Waals surface area contributed by atoms with Gasteiger partial charge in [-0.2, -0.15) is 9.57 Å². The van der Waals surface area contributed by atoms with Crippen molar-refractivity contribution in [1.29, 1.82) is 5.26 Å². The number of nitriles is 1. The van der Waals surface area contributed by atoms with Crippen LogP contribution in [0.1, 0.15) is 26.9 Å². The van der Waals surface area contributed by atoms with Crippen molar-refractivity contribution in [1.82, 2.24) is 9.21 Å². The summed E-state index contributed by atoms with van der Waals surface area (Å²) in [6.07, 6.45) is 0. The van der Waals surface area contributed by atoms with Gasteiger partial charge in [0.2, 0.25) is 15.9 Å². The first kappa shape index (κ1) is 20.5. The number of benzene rings is 1. The van der Waals surface area contributed by atoms with Gasteiger partial charge in [-0.1, -0.05) is 12.1 Å². The van der Waals surface area contributed by atoms with Gasteiger partial charge in [-0.05, 0) is 37.6 Å². The summed E-state index contributed by atoms with van der Waals surface area (Å²) in [5.41, 5.74) is 6.83. The van der Waals surface area contributed by atoms with E-state index in [4.69, 9.17) is 11.0 Å². The smallest absolute Gasteiger partial charge is 0.244 e. The monoisotopic (exact) mass is 418 g/mol. The number of amides is 1. The van der Waals surface area contributed by atoms with Crippen molar-refractivity contribution < 1.29 is 13.2 Å². The lowest BCUT2D eigenvalue weighted by Crippen LogP contribution is -2.51. The molecule has 0 bridgehead atoms. The van der Waals surface area contributed by atoms with Crippen LogP contribution in [0.2, 0.25) is 0 Å². The molecule has 1 amide bonds. The van der Waals surface area contributed by atoms with Crippen LogP contribution in [0.4, 0.5) is 0 Å². The maximum atomic E-state index is 13.0. The number of nitrogens with zero attached hydrogens (tertiary/aromatic N) is 3. The summed E-state index contributed by atoms with van der Waals surface area (Å²) < 4.78 is 27.4. The normalized spacial score (nSPS) is 17.2. The number of piperazine rings is 1. The first-order valence-corrected chi connectivity index (χ1v) is 11.1. The van der Waals surface area contributed by atoms with Crippen LogP contribution in [0.5, 0.6) is 0 Å². The van der Waals surface area contributed by atoms with Crippen LogP contribution in [0.3, 0.4) is 0 Å². The van der Waals surface area contributed by atoms with Gasteiger partial charge < -0.3 is 5.73 Å². The summed E-state index contributed by atoms with van der Waals surface area (Å²) in [6, 6.07) is 9.83. The van der Waals surface area contributed by atoms with Crippen molar-refractivity contribution in [2.24, 2.45) is 5.73 Å². The highest BCUT2D eigenvalue weighted by Crippen LogP contribution is 2.29. The number of sulfonamides is 1. The molecule has 2 aromatic rings. The molecular weight excluding hydrogens is 396 g/mol. The highest BCUT2D eigenvalue weighted by atomic mass is 32.2. The van der Waals surface area contributed by atoms with Crippen LogP contribution in [-0.2, 0) is 14.8 Å². The molecule has 1 aliphatic rings. The molecule has 0 aliphatic carbocycles. The molecule has 9 heteroatoms. The van der Waals surface area contributed by atoms with E-state index in [1.165, 1.54) is 15.6 Å². The van der Waals surface area contributed by atoms with E-state index < -0.39 is 22.0 Å². The van der Waals surface area contributed by atoms with Crippen molar-refractivity contribution in [2.75, 3.05) is 26.2 Å². The molecule has 0 saturated carbocycles. The molecule has 1 saturated heterocycles. The molecule has 1 atom stereocenters. The van der Waals surface area contributed by atoms with Gasteiger partial charge in [-0.15, -0.1) is 11.3 Å². The van der Waals surface area contributed by atoms with E-state index in [1.807, 2.05) is 24.8 Å². The molecular formula is C19H22N4O3S2. The van der Waals surface area contributed by atoms with Crippen LogP contribution in [0, 0.1) is 25.2 Å². The van der Waals surface area contributed by atoms with Gasteiger partial charge in [-0.25, -0.2) is 8.42 Å². The quantitative estimate of drug-likeness (QED) is 0.796. The van der Waals surface area contributed by atoms with Crippen LogP contribution < -0.4 is 5.73 Å². The molecule has 28 heavy (non-hydrogen) atoms. The van der Waals surface area contributed by atoms with Crippen LogP contribution in [0.15, 0.2) is 35.2 Å². The predicted octanol–water partition coefficient (Wildman–Crippen LogP) is 1.77. The second kappa shape index (κ2) is 8.01. The summed E-state index contributed by atoms with van der Waals surface area (Å²) in [5, 5.41) is 8.93. The Morgan fingerprint density at radius 2 is 1.79 bits per heavy atom. The van der Waals surface area contributed by atoms with E-state index in [2.05, 4.69) is 0 Å². The second-order valence-electron chi connectivity index (χ2n) is 6.76. The predicted molar refractivity (Wildman–Crippen MR) is 107 cm³/mol. The van der Waals surface area contributed by atoms with Crippen molar-refractivity contribution in [2.45, 2.75) is 24.8 Å². The number of carbonyl (C=O) groups excluding carboxylic acids is 1. The Labute approximate surface area is 169 Å². The fraction of sp³-hybridized carbons (Fsp3) is 0.368. The first-order chi connectivity index (χ1) is 13.2. The number of nitrogens with two attached hydrogens (primary N) is 1. The summed E-state index contributed by atoms with van der Waals surface area (Å²) in [5.74, 6) is -0.495. The Morgan fingerprint density at radius 1 is 1.18 bits per heavy atom. The number of hydrogen-bond donors (Lipinski definition) is 1. The average molecular weight is 419 g/mol. The molecule has 3 rings (SSSR count). The molecule has 148 valence electrons. The van der Waals surface area contributed by atoms with Crippen molar-refractivity contribution >= 4 is 27.3 Å². The van der Waals surface area contributed by atoms with Crippen molar-refractivity contribution in [3.05, 3.63) is 51.2 Å². The van der Waals surface area contributed by atoms with E-state index in [9.17, 15) is 13.2 Å². The van der Waals surface area contributed by atoms with E-state index in [1.54, 1.807) is 30.3 Å². The first-order valence-electron chi connectivity index (χ1n) is 8.84. The highest BCUT2D eigenvalue weighted by Gasteiger charge is 2.34. The van der Waals surface area contributed by atoms with Gasteiger partial charge in [0.1, 0.15) is 6.04 Å². The molecule has 0 radical (unpaired) electrons. The summed E-state index contributed by atoms with van der Waals surface area (Å²) >= 11 is 1.47. The van der Waals surface area contributed by atoms with Crippen LogP contribution in [0.25, 0.3) is 0 Å². The van der Waals surface area contributed by atoms with Gasteiger partial charge in [0.05, 0.1) is 16.5 Å². The van der Waals surface area contributed by atoms with E-state index in [-0.39, 0.29) is 13.1 Å². The van der Waals surface area contributed by atoms with Gasteiger partial charge in [0.15, 0.2) is 0 Å². The molecule has 2 heterocycles. The van der Waals surface area contributed by atoms with Crippen LogP contribution >= 0.6 is 11.3 Å². The number of thiophene rings is 1. The van der Waals surface area contributed by atoms with E-state index >= 15 is 0 Å². The van der Waals surface area contributed by atoms with E-state index in [0.29, 0.717) is 29.1 Å². The minimum Gasteiger partial charge on any atom is -0.368 e. The third-order valence-corrected chi connectivity index (χ3v) is 8.00. The zero-order valence-electron chi connectivity index (χ0n) is 15.8. The van der Waals surface area contributed by atoms with Gasteiger partial charge >= 0.3 is 0 Å². The lowest BCUT2D eigenvalue weighted by Gasteiger charge is -2.37. The number of aryl methyl sites for hydroxylation is 2. The number of primary amides is 1. The molecule has 1 aromatic carbocycles. The SMILES string of the molecule is Cc1cc(S(=O)(=O)N2CCN(C(C(N)=O)c3ccc(C#N)cc3)CC2)c(C)s1. The Hall–Kier alpha value is -2.25. The lowest BCUT2D eigenvalue weighted by molar-refractivity contribution is -0.124. The van der Waals surface area contributed by atoms with E-state index in [0.717, 1.165) is 9.75 Å². The zero-order chi connectivity index (χ0) is 20.5. The maximum absolute atomic E-state index is 13.0. The van der Waals surface area contributed by atoms with Gasteiger partial charge in [0, 0.05) is 35.9 Å². The van der Waals surface area contributed by atoms with Crippen molar-refractivity contribution in [3.63, 3.8) is 0 Å². The number of hydrogen-bond acceptors (Lipinski definition) is 6. The van der Waals surface area contributed by atoms with Gasteiger partial charge in [-0.3, -0.25) is 9.69 Å². The third-order valence-electron chi connectivity index (χ3n) is 4.88. The highest BCUT2D eigenvalue weighted by molar-refractivity contribution is 7.89. The molecule has 1 fully saturated rings. The Morgan fingerprint density at radius 3 is 2.25 bits per heavy atom. The van der Waals surface area contributed by atoms with Crippen LogP contribution in [-0.4, -0.2) is 49.7 Å². The fourth-order valence-corrected chi connectivity index (χ4v) is 6.45. The lowest BCUT2D eigenvalue weighted by atomic mass is 10.0. The largest absolute Gasteiger partial charge is 0.368 e. The minimum absolute atomic E-state index is 0.288. The minimum atomic E-state index is -3.55. The summed E-state index contributed by atoms with van der Waals surface area (Å²) in [7, 11) is -3.55. The Balaban J connectivity index is 1.76. The third kappa shape index (κ3) is 3.95. The van der Waals surface area contributed by atoms with Crippen molar-refractivity contribution in [3.8, 4) is 6.07 Å². The molecule has 2 N–H and O–H groups in total. The molecule has 7 nitrogen and oxygen atoms in total. The standard InChI is InChI=1S/C19H22N4O3S2/c1-13-11-17(14(2)27-13)28(25,26)23-9-7-22(8-10-23)18(19(21)24)16-5-3-15(12-20)4-6-16/h3-6,11,18H,7-10H2,1-2H3,(H2,21,24). The number of carbonyl (C=O) groups is 1. The maximum Gasteiger partial charge on any atom is 0.244 e. The topological polar surface area (TPSA) is 108 Å². The summed E-state index contributed by atoms with van der Waals surface area (Å²) in [6.45, 7) is 5.08. The molecule has 1 aromatic heterocycles. The Kier molecular flexibility index (Phi) is 5.86.